The zero-order valence-electron chi connectivity index (χ0n) is 1.87. The molecule has 0 aliphatic heterocycles. The zero-order chi connectivity index (χ0) is 2.71. The topological polar surface area (TPSA) is 9.23 Å². The van der Waals surface area contributed by atoms with Crippen molar-refractivity contribution in [3.05, 3.63) is 0 Å². The third-order valence-electron chi connectivity index (χ3n) is 0. The molecule has 0 atom stereocenters. The number of halogens is 2. The van der Waals surface area contributed by atoms with E-state index in [4.69, 9.17) is 9.05 Å². The fourth-order valence-corrected chi connectivity index (χ4v) is 0. The molecule has 4 heavy (non-hydrogen) atoms. The Kier molecular flexibility index (Phi) is 19.9. The van der Waals surface area contributed by atoms with Crippen molar-refractivity contribution in [3.8, 4) is 0 Å². The molecule has 0 aromatic heterocycles. The summed E-state index contributed by atoms with van der Waals surface area (Å²) in [6.07, 6.45) is 0. The summed E-state index contributed by atoms with van der Waals surface area (Å²) in [7, 11) is 0. The number of hydrogen-bond donors (Lipinski definition) is 0. The van der Waals surface area contributed by atoms with Gasteiger partial charge < -0.3 is 0 Å². The second-order valence-corrected chi connectivity index (χ2v) is 0.0583. The SMILES string of the molecule is FOF.[Sr]. The van der Waals surface area contributed by atoms with Crippen LogP contribution >= 0.6 is 0 Å². The molecule has 0 aliphatic rings. The minimum Gasteiger partial charge on any atom is -0.0104 e. The standard InChI is InChI=1S/F2O.Sr/c1-3-2;. The van der Waals surface area contributed by atoms with Crippen LogP contribution in [0.25, 0.3) is 0 Å². The summed E-state index contributed by atoms with van der Waals surface area (Å²) in [6.45, 7) is 0. The summed E-state index contributed by atoms with van der Waals surface area (Å²) in [4.78, 5) is 0. The molecule has 0 heterocycles. The van der Waals surface area contributed by atoms with Gasteiger partial charge in [-0.2, -0.15) is 0 Å². The largest absolute Gasteiger partial charge is 0.0209 e. The van der Waals surface area contributed by atoms with Gasteiger partial charge in [-0.1, -0.05) is 0 Å². The summed E-state index contributed by atoms with van der Waals surface area (Å²) >= 11 is 0. The van der Waals surface area contributed by atoms with Crippen LogP contribution in [0.2, 0.25) is 0 Å². The molecule has 1 nitrogen and oxygen atoms in total. The smallest absolute Gasteiger partial charge is 0.0104 e. The molecule has 0 fully saturated rings. The fraction of sp³-hybridized carbons (Fsp3) is 0. The monoisotopic (exact) mass is 142 g/mol. The van der Waals surface area contributed by atoms with Crippen molar-refractivity contribution in [3.63, 3.8) is 0 Å². The maximum atomic E-state index is 9.12. The van der Waals surface area contributed by atoms with Crippen LogP contribution in [0.5, 0.6) is 0 Å². The second-order valence-electron chi connectivity index (χ2n) is 0.0583. The third-order valence-corrected chi connectivity index (χ3v) is 0. The summed E-state index contributed by atoms with van der Waals surface area (Å²) < 4.78 is 18.2. The average molecular weight is 142 g/mol. The van der Waals surface area contributed by atoms with Gasteiger partial charge in [-0.25, -0.2) is 0 Å². The average Bonchev–Trinajstić information content (AvgIpc) is 0.918. The van der Waals surface area contributed by atoms with Crippen LogP contribution in [-0.4, -0.2) is 45.5 Å². The Morgan fingerprint density at radius 2 is 1.25 bits per heavy atom. The summed E-state index contributed by atoms with van der Waals surface area (Å²) in [5.41, 5.74) is 0. The normalized spacial score (nSPS) is 4.50. The van der Waals surface area contributed by atoms with Crippen LogP contribution in [-0.2, 0) is 5.15 Å². The van der Waals surface area contributed by atoms with Crippen LogP contribution in [0.3, 0.4) is 0 Å². The van der Waals surface area contributed by atoms with Crippen LogP contribution in [0.1, 0.15) is 0 Å². The Bertz CT molecular complexity index is 6.00. The molecule has 0 N–H and O–H groups in total. The van der Waals surface area contributed by atoms with E-state index in [-0.39, 0.29) is 45.5 Å². The molecule has 2 radical (unpaired) electrons. The molecule has 22 valence electrons. The van der Waals surface area contributed by atoms with E-state index in [1.165, 1.54) is 5.15 Å². The first-order valence-electron chi connectivity index (χ1n) is 0.309. The minimum atomic E-state index is 0. The molecule has 0 spiro atoms. The predicted molar refractivity (Wildman–Crippen MR) is 9.05 cm³/mol. The molecule has 0 aromatic carbocycles. The van der Waals surface area contributed by atoms with E-state index >= 15 is 0 Å². The van der Waals surface area contributed by atoms with Crippen LogP contribution in [0, 0.1) is 0 Å². The van der Waals surface area contributed by atoms with Gasteiger partial charge in [0.15, 0.2) is 0 Å². The third kappa shape index (κ3) is 10.3. The zero-order valence-corrected chi connectivity index (χ0v) is 5.35. The fourth-order valence-electron chi connectivity index (χ4n) is 0. The molecule has 0 saturated carbocycles. The molecular weight excluding hydrogens is 142 g/mol. The molecule has 0 aliphatic carbocycles. The van der Waals surface area contributed by atoms with Crippen molar-refractivity contribution in [2.75, 3.05) is 0 Å². The van der Waals surface area contributed by atoms with E-state index in [9.17, 15) is 0 Å². The summed E-state index contributed by atoms with van der Waals surface area (Å²) in [5.74, 6) is 0. The number of hydrogen-bond acceptors (Lipinski definition) is 1. The van der Waals surface area contributed by atoms with E-state index in [1.807, 2.05) is 0 Å². The molecular formula is F2OSr. The molecule has 0 amide bonds. The Morgan fingerprint density at radius 1 is 1.25 bits per heavy atom. The molecule has 4 heteroatoms. The Labute approximate surface area is 59.0 Å². The van der Waals surface area contributed by atoms with Crippen molar-refractivity contribution in [1.29, 1.82) is 0 Å². The van der Waals surface area contributed by atoms with E-state index in [2.05, 4.69) is 0 Å². The first kappa shape index (κ1) is 9.00. The Hall–Kier alpha value is 1.30. The maximum Gasteiger partial charge on any atom is 0.0209 e. The van der Waals surface area contributed by atoms with E-state index in [1.54, 1.807) is 0 Å². The van der Waals surface area contributed by atoms with Gasteiger partial charge in [-0.15, -0.1) is 0 Å². The van der Waals surface area contributed by atoms with Gasteiger partial charge in [0, 0.05) is 50.6 Å². The van der Waals surface area contributed by atoms with Crippen molar-refractivity contribution in [2.24, 2.45) is 0 Å². The van der Waals surface area contributed by atoms with Gasteiger partial charge in [-0.3, -0.25) is 0 Å². The van der Waals surface area contributed by atoms with Gasteiger partial charge >= 0.3 is 0 Å². The van der Waals surface area contributed by atoms with Crippen LogP contribution in [0.4, 0.5) is 9.05 Å². The van der Waals surface area contributed by atoms with E-state index in [0.717, 1.165) is 0 Å². The first-order chi connectivity index (χ1) is 1.41. The molecule has 0 aromatic rings. The first-order valence-corrected chi connectivity index (χ1v) is 0.309. The predicted octanol–water partition coefficient (Wildman–Crippen LogP) is 0.391. The van der Waals surface area contributed by atoms with E-state index in [0.29, 0.717) is 0 Å². The van der Waals surface area contributed by atoms with Gasteiger partial charge in [0.05, 0.1) is 0 Å². The quantitative estimate of drug-likeness (QED) is 0.444. The minimum absolute atomic E-state index is 0. The molecule has 0 rings (SSSR count). The maximum absolute atomic E-state index is 9.12. The van der Waals surface area contributed by atoms with Crippen LogP contribution < -0.4 is 0 Å². The van der Waals surface area contributed by atoms with Crippen LogP contribution in [0.15, 0.2) is 0 Å². The second kappa shape index (κ2) is 8.85. The Morgan fingerprint density at radius 3 is 1.25 bits per heavy atom. The summed E-state index contributed by atoms with van der Waals surface area (Å²) in [6, 6.07) is 0. The van der Waals surface area contributed by atoms with Crippen molar-refractivity contribution in [2.45, 2.75) is 0 Å². The van der Waals surface area contributed by atoms with Crippen molar-refractivity contribution < 1.29 is 14.2 Å². The molecule has 0 unspecified atom stereocenters. The van der Waals surface area contributed by atoms with Crippen molar-refractivity contribution >= 4 is 45.5 Å². The Balaban J connectivity index is 0. The number of rotatable bonds is 0. The molecule has 0 bridgehead atoms. The van der Waals surface area contributed by atoms with Gasteiger partial charge in [-0.05, 0) is 9.05 Å². The molecule has 0 saturated heterocycles. The van der Waals surface area contributed by atoms with Crippen molar-refractivity contribution in [1.82, 2.24) is 0 Å². The van der Waals surface area contributed by atoms with Gasteiger partial charge in [0.1, 0.15) is 0 Å². The van der Waals surface area contributed by atoms with Gasteiger partial charge in [0.25, 0.3) is 0 Å². The van der Waals surface area contributed by atoms with Gasteiger partial charge in [0.2, 0.25) is 0 Å². The van der Waals surface area contributed by atoms with E-state index < -0.39 is 0 Å². The summed E-state index contributed by atoms with van der Waals surface area (Å²) in [5, 5.41) is 1.25.